The van der Waals surface area contributed by atoms with Crippen LogP contribution in [0.1, 0.15) is 53.9 Å². The minimum absolute atomic E-state index is 0.00802. The fourth-order valence-electron chi connectivity index (χ4n) is 5.12. The van der Waals surface area contributed by atoms with Gasteiger partial charge < -0.3 is 15.0 Å². The molecule has 2 amide bonds. The van der Waals surface area contributed by atoms with Crippen LogP contribution in [0, 0.1) is 0 Å². The van der Waals surface area contributed by atoms with Crippen LogP contribution in [0.3, 0.4) is 0 Å². The summed E-state index contributed by atoms with van der Waals surface area (Å²) in [6.45, 7) is 0.911. The highest BCUT2D eigenvalue weighted by atomic mass is 35.5. The summed E-state index contributed by atoms with van der Waals surface area (Å²) in [4.78, 5) is 29.1. The van der Waals surface area contributed by atoms with Crippen molar-refractivity contribution in [3.05, 3.63) is 64.7 Å². The summed E-state index contributed by atoms with van der Waals surface area (Å²) >= 11 is 6.31. The van der Waals surface area contributed by atoms with Gasteiger partial charge in [0.15, 0.2) is 0 Å². The molecule has 1 atom stereocenters. The molecular weight excluding hydrogens is 400 g/mol. The molecule has 158 valence electrons. The van der Waals surface area contributed by atoms with Crippen molar-refractivity contribution in [3.8, 4) is 0 Å². The number of benzene rings is 2. The van der Waals surface area contributed by atoms with Crippen LogP contribution in [-0.4, -0.2) is 42.5 Å². The van der Waals surface area contributed by atoms with Gasteiger partial charge in [-0.1, -0.05) is 61.2 Å². The highest BCUT2D eigenvalue weighted by Gasteiger charge is 2.54. The number of carbonyl (C=O) groups is 2. The Labute approximate surface area is 182 Å². The van der Waals surface area contributed by atoms with E-state index in [2.05, 4.69) is 5.32 Å². The maximum absolute atomic E-state index is 13.7. The van der Waals surface area contributed by atoms with Crippen LogP contribution >= 0.6 is 11.6 Å². The SMILES string of the molecule is COCCN1C(=O)c2ccccc2C(C(=O)Nc2ccccc2Cl)C12CCCCC2. The van der Waals surface area contributed by atoms with Crippen molar-refractivity contribution >= 4 is 29.1 Å². The Morgan fingerprint density at radius 3 is 2.57 bits per heavy atom. The van der Waals surface area contributed by atoms with Crippen LogP contribution in [0.15, 0.2) is 48.5 Å². The molecule has 2 aromatic rings. The molecule has 1 saturated carbocycles. The monoisotopic (exact) mass is 426 g/mol. The molecule has 5 nitrogen and oxygen atoms in total. The fraction of sp³-hybridized carbons (Fsp3) is 0.417. The van der Waals surface area contributed by atoms with Gasteiger partial charge in [0.25, 0.3) is 5.91 Å². The molecule has 1 heterocycles. The first-order valence-corrected chi connectivity index (χ1v) is 10.9. The third-order valence-electron chi connectivity index (χ3n) is 6.45. The van der Waals surface area contributed by atoms with Gasteiger partial charge in [-0.15, -0.1) is 0 Å². The van der Waals surface area contributed by atoms with Crippen molar-refractivity contribution in [2.75, 3.05) is 25.6 Å². The van der Waals surface area contributed by atoms with E-state index in [1.165, 1.54) is 0 Å². The second kappa shape index (κ2) is 8.78. The van der Waals surface area contributed by atoms with E-state index in [0.29, 0.717) is 29.4 Å². The van der Waals surface area contributed by atoms with Gasteiger partial charge in [0.05, 0.1) is 28.8 Å². The average Bonchev–Trinajstić information content (AvgIpc) is 2.76. The zero-order chi connectivity index (χ0) is 21.1. The smallest absolute Gasteiger partial charge is 0.254 e. The van der Waals surface area contributed by atoms with Crippen molar-refractivity contribution in [2.24, 2.45) is 0 Å². The number of nitrogens with one attached hydrogen (secondary N) is 1. The minimum atomic E-state index is -0.548. The predicted octanol–water partition coefficient (Wildman–Crippen LogP) is 4.87. The summed E-state index contributed by atoms with van der Waals surface area (Å²) in [5.74, 6) is -0.585. The molecular formula is C24H27ClN2O3. The number of amides is 2. The Kier molecular flexibility index (Phi) is 6.11. The van der Waals surface area contributed by atoms with E-state index in [9.17, 15) is 9.59 Å². The molecule has 0 bridgehead atoms. The second-order valence-electron chi connectivity index (χ2n) is 8.10. The molecule has 1 aliphatic carbocycles. The number of para-hydroxylation sites is 1. The Morgan fingerprint density at radius 1 is 1.13 bits per heavy atom. The minimum Gasteiger partial charge on any atom is -0.383 e. The summed E-state index contributed by atoms with van der Waals surface area (Å²) in [6, 6.07) is 14.8. The Balaban J connectivity index is 1.81. The van der Waals surface area contributed by atoms with Crippen molar-refractivity contribution in [2.45, 2.75) is 43.6 Å². The van der Waals surface area contributed by atoms with Crippen LogP contribution in [-0.2, 0) is 9.53 Å². The van der Waals surface area contributed by atoms with Crippen LogP contribution in [0.2, 0.25) is 5.02 Å². The molecule has 4 rings (SSSR count). The van der Waals surface area contributed by atoms with Gasteiger partial charge >= 0.3 is 0 Å². The lowest BCUT2D eigenvalue weighted by molar-refractivity contribution is -0.122. The van der Waals surface area contributed by atoms with Gasteiger partial charge in [0.1, 0.15) is 0 Å². The Hall–Kier alpha value is -2.37. The van der Waals surface area contributed by atoms with Crippen molar-refractivity contribution in [1.29, 1.82) is 0 Å². The topological polar surface area (TPSA) is 58.6 Å². The van der Waals surface area contributed by atoms with E-state index in [-0.39, 0.29) is 11.8 Å². The van der Waals surface area contributed by atoms with Gasteiger partial charge in [-0.05, 0) is 36.6 Å². The van der Waals surface area contributed by atoms with E-state index in [0.717, 1.165) is 37.7 Å². The number of nitrogens with zero attached hydrogens (tertiary/aromatic N) is 1. The lowest BCUT2D eigenvalue weighted by Crippen LogP contribution is -2.62. The fourth-order valence-corrected chi connectivity index (χ4v) is 5.30. The van der Waals surface area contributed by atoms with Crippen molar-refractivity contribution in [1.82, 2.24) is 4.90 Å². The number of hydrogen-bond donors (Lipinski definition) is 1. The lowest BCUT2D eigenvalue weighted by Gasteiger charge is -2.53. The number of fused-ring (bicyclic) bond motifs is 1. The number of hydrogen-bond acceptors (Lipinski definition) is 3. The molecule has 2 aromatic carbocycles. The highest BCUT2D eigenvalue weighted by molar-refractivity contribution is 6.33. The molecule has 0 radical (unpaired) electrons. The normalized spacial score (nSPS) is 20.1. The number of rotatable bonds is 5. The molecule has 0 aromatic heterocycles. The molecule has 1 N–H and O–H groups in total. The predicted molar refractivity (Wildman–Crippen MR) is 118 cm³/mol. The lowest BCUT2D eigenvalue weighted by atomic mass is 9.65. The molecule has 30 heavy (non-hydrogen) atoms. The van der Waals surface area contributed by atoms with Gasteiger partial charge in [-0.2, -0.15) is 0 Å². The van der Waals surface area contributed by atoms with Crippen LogP contribution in [0.5, 0.6) is 0 Å². The van der Waals surface area contributed by atoms with Gasteiger partial charge in [-0.25, -0.2) is 0 Å². The number of halogens is 1. The van der Waals surface area contributed by atoms with Crippen LogP contribution in [0.4, 0.5) is 5.69 Å². The molecule has 0 saturated heterocycles. The first-order chi connectivity index (χ1) is 14.6. The zero-order valence-corrected chi connectivity index (χ0v) is 18.0. The quantitative estimate of drug-likeness (QED) is 0.742. The second-order valence-corrected chi connectivity index (χ2v) is 8.51. The maximum Gasteiger partial charge on any atom is 0.254 e. The summed E-state index contributed by atoms with van der Waals surface area (Å²) in [5.41, 5.74) is 1.45. The van der Waals surface area contributed by atoms with Crippen LogP contribution in [0.25, 0.3) is 0 Å². The molecule has 2 aliphatic rings. The number of methoxy groups -OCH3 is 1. The van der Waals surface area contributed by atoms with Crippen molar-refractivity contribution in [3.63, 3.8) is 0 Å². The summed E-state index contributed by atoms with van der Waals surface area (Å²) < 4.78 is 5.31. The summed E-state index contributed by atoms with van der Waals surface area (Å²) in [5, 5.41) is 3.54. The maximum atomic E-state index is 13.7. The van der Waals surface area contributed by atoms with E-state index in [4.69, 9.17) is 16.3 Å². The van der Waals surface area contributed by atoms with E-state index in [1.54, 1.807) is 19.2 Å². The van der Waals surface area contributed by atoms with Gasteiger partial charge in [0, 0.05) is 19.2 Å². The van der Waals surface area contributed by atoms with Gasteiger partial charge in [-0.3, -0.25) is 9.59 Å². The Morgan fingerprint density at radius 2 is 1.83 bits per heavy atom. The summed E-state index contributed by atoms with van der Waals surface area (Å²) in [7, 11) is 1.64. The van der Waals surface area contributed by atoms with Gasteiger partial charge in [0.2, 0.25) is 5.91 Å². The third-order valence-corrected chi connectivity index (χ3v) is 6.78. The molecule has 1 aliphatic heterocycles. The first kappa shape index (κ1) is 20.9. The highest BCUT2D eigenvalue weighted by Crippen LogP contribution is 2.49. The number of ether oxygens (including phenoxy) is 1. The van der Waals surface area contributed by atoms with Crippen LogP contribution < -0.4 is 5.32 Å². The van der Waals surface area contributed by atoms with E-state index >= 15 is 0 Å². The largest absolute Gasteiger partial charge is 0.383 e. The average molecular weight is 427 g/mol. The van der Waals surface area contributed by atoms with Crippen molar-refractivity contribution < 1.29 is 14.3 Å². The zero-order valence-electron chi connectivity index (χ0n) is 17.2. The first-order valence-electron chi connectivity index (χ1n) is 10.5. The van der Waals surface area contributed by atoms with E-state index in [1.807, 2.05) is 41.3 Å². The number of anilines is 1. The molecule has 1 fully saturated rings. The number of carbonyl (C=O) groups excluding carboxylic acids is 2. The molecule has 1 spiro atoms. The van der Waals surface area contributed by atoms with E-state index < -0.39 is 11.5 Å². The Bertz CT molecular complexity index is 940. The molecule has 6 heteroatoms. The third kappa shape index (κ3) is 3.61. The standard InChI is InChI=1S/C24H27ClN2O3/c1-30-16-15-27-23(29)18-10-4-3-9-17(18)21(24(27)13-7-2-8-14-24)22(28)26-20-12-6-5-11-19(20)25/h3-6,9-12,21H,2,7-8,13-16H2,1H3,(H,26,28). The summed E-state index contributed by atoms with van der Waals surface area (Å²) in [6.07, 6.45) is 4.72. The molecule has 1 unspecified atom stereocenters.